The molecule has 1 rings (SSSR count). The molecule has 2 nitrogen and oxygen atoms in total. The number of carboxylic acids is 1. The van der Waals surface area contributed by atoms with Gasteiger partial charge < -0.3 is 9.90 Å². The zero-order valence-electron chi connectivity index (χ0n) is 6.86. The van der Waals surface area contributed by atoms with E-state index in [1.54, 1.807) is 0 Å². The number of halogens is 2. The van der Waals surface area contributed by atoms with Gasteiger partial charge in [-0.25, -0.2) is 0 Å². The minimum absolute atomic E-state index is 0.00947. The van der Waals surface area contributed by atoms with Crippen molar-refractivity contribution in [2.75, 3.05) is 0 Å². The van der Waals surface area contributed by atoms with Crippen LogP contribution in [0, 0.1) is 10.8 Å². The van der Waals surface area contributed by atoms with Gasteiger partial charge in [0.15, 0.2) is 0 Å². The van der Waals surface area contributed by atoms with Crippen LogP contribution in [0.25, 0.3) is 0 Å². The van der Waals surface area contributed by atoms with Crippen molar-refractivity contribution in [3.63, 3.8) is 0 Å². The molecule has 68 valence electrons. The summed E-state index contributed by atoms with van der Waals surface area (Å²) in [7, 11) is 0. The van der Waals surface area contributed by atoms with Crippen LogP contribution in [0.1, 0.15) is 20.3 Å². The van der Waals surface area contributed by atoms with E-state index in [1.807, 2.05) is 13.8 Å². The molecule has 0 radical (unpaired) electrons. The summed E-state index contributed by atoms with van der Waals surface area (Å²) < 4.78 is -0.00947. The van der Waals surface area contributed by atoms with Crippen LogP contribution in [-0.2, 0) is 4.79 Å². The van der Waals surface area contributed by atoms with Crippen LogP contribution in [0.2, 0.25) is 0 Å². The first-order valence-corrected chi connectivity index (χ1v) is 4.33. The Labute approximate surface area is 81.2 Å². The van der Waals surface area contributed by atoms with Gasteiger partial charge in [-0.05, 0) is 17.9 Å². The van der Waals surface area contributed by atoms with E-state index in [4.69, 9.17) is 23.2 Å². The van der Waals surface area contributed by atoms with Gasteiger partial charge in [-0.2, -0.15) is 0 Å². The summed E-state index contributed by atoms with van der Waals surface area (Å²) in [5.41, 5.74) is -1.24. The second kappa shape index (κ2) is 2.64. The topological polar surface area (TPSA) is 40.1 Å². The van der Waals surface area contributed by atoms with E-state index < -0.39 is 11.4 Å². The summed E-state index contributed by atoms with van der Waals surface area (Å²) in [6, 6.07) is 0. The van der Waals surface area contributed by atoms with Crippen molar-refractivity contribution in [1.82, 2.24) is 0 Å². The maximum Gasteiger partial charge on any atom is 0.103 e. The minimum Gasteiger partial charge on any atom is -0.549 e. The maximum atomic E-state index is 10.8. The summed E-state index contributed by atoms with van der Waals surface area (Å²) in [6.45, 7) is 3.69. The SMILES string of the molecule is CC1(C)CC1(C=C(Cl)Cl)C(=O)[O-]. The number of hydrogen-bond acceptors (Lipinski definition) is 2. The first-order chi connectivity index (χ1) is 5.32. The Kier molecular flexibility index (Phi) is 2.17. The molecule has 0 aromatic heterocycles. The van der Waals surface area contributed by atoms with Crippen molar-refractivity contribution in [3.8, 4) is 0 Å². The molecule has 1 atom stereocenters. The van der Waals surface area contributed by atoms with Crippen LogP contribution in [0.15, 0.2) is 10.6 Å². The fourth-order valence-electron chi connectivity index (χ4n) is 1.49. The van der Waals surface area contributed by atoms with Crippen molar-refractivity contribution in [2.45, 2.75) is 20.3 Å². The Hall–Kier alpha value is -0.210. The smallest absolute Gasteiger partial charge is 0.103 e. The predicted octanol–water partition coefficient (Wildman–Crippen LogP) is 1.47. The fourth-order valence-corrected chi connectivity index (χ4v) is 1.87. The molecule has 4 heteroatoms. The van der Waals surface area contributed by atoms with Gasteiger partial charge in [0.2, 0.25) is 0 Å². The molecule has 0 bridgehead atoms. The van der Waals surface area contributed by atoms with Crippen molar-refractivity contribution in [3.05, 3.63) is 10.6 Å². The average Bonchev–Trinajstić information content (AvgIpc) is 2.33. The number of carboxylic acid groups (broad SMARTS) is 1. The lowest BCUT2D eigenvalue weighted by Crippen LogP contribution is -2.34. The highest BCUT2D eigenvalue weighted by molar-refractivity contribution is 6.56. The molecule has 0 amide bonds. The van der Waals surface area contributed by atoms with Gasteiger partial charge in [0.25, 0.3) is 0 Å². The molecule has 0 heterocycles. The van der Waals surface area contributed by atoms with Crippen molar-refractivity contribution in [2.24, 2.45) is 10.8 Å². The summed E-state index contributed by atoms with van der Waals surface area (Å²) >= 11 is 10.8. The Morgan fingerprint density at radius 2 is 1.92 bits per heavy atom. The van der Waals surface area contributed by atoms with E-state index in [0.29, 0.717) is 6.42 Å². The van der Waals surface area contributed by atoms with Crippen LogP contribution >= 0.6 is 23.2 Å². The Balaban J connectivity index is 2.95. The van der Waals surface area contributed by atoms with Gasteiger partial charge in [-0.1, -0.05) is 37.0 Å². The Bertz CT molecular complexity index is 254. The highest BCUT2D eigenvalue weighted by atomic mass is 35.5. The highest BCUT2D eigenvalue weighted by Crippen LogP contribution is 2.64. The molecule has 1 aliphatic rings. The van der Waals surface area contributed by atoms with Crippen LogP contribution < -0.4 is 5.11 Å². The zero-order chi connectivity index (χ0) is 9.57. The second-order valence-corrected chi connectivity index (χ2v) is 4.76. The number of hydrogen-bond donors (Lipinski definition) is 0. The maximum absolute atomic E-state index is 10.8. The number of rotatable bonds is 2. The molecule has 0 N–H and O–H groups in total. The van der Waals surface area contributed by atoms with Crippen LogP contribution in [0.5, 0.6) is 0 Å². The van der Waals surface area contributed by atoms with Crippen LogP contribution in [0.4, 0.5) is 0 Å². The number of carbonyl (C=O) groups is 1. The molecule has 1 saturated carbocycles. The van der Waals surface area contributed by atoms with Gasteiger partial charge in [0.05, 0.1) is 5.97 Å². The predicted molar refractivity (Wildman–Crippen MR) is 45.6 cm³/mol. The zero-order valence-corrected chi connectivity index (χ0v) is 8.37. The van der Waals surface area contributed by atoms with Crippen molar-refractivity contribution < 1.29 is 9.90 Å². The lowest BCUT2D eigenvalue weighted by Gasteiger charge is -2.17. The fraction of sp³-hybridized carbons (Fsp3) is 0.625. The van der Waals surface area contributed by atoms with E-state index in [0.717, 1.165) is 0 Å². The van der Waals surface area contributed by atoms with E-state index in [-0.39, 0.29) is 9.91 Å². The molecule has 1 unspecified atom stereocenters. The average molecular weight is 208 g/mol. The van der Waals surface area contributed by atoms with Gasteiger partial charge in [-0.15, -0.1) is 0 Å². The molecule has 0 aliphatic heterocycles. The van der Waals surface area contributed by atoms with E-state index in [2.05, 4.69) is 0 Å². The molecule has 12 heavy (non-hydrogen) atoms. The van der Waals surface area contributed by atoms with E-state index in [9.17, 15) is 9.90 Å². The third kappa shape index (κ3) is 1.34. The summed E-state index contributed by atoms with van der Waals surface area (Å²) in [4.78, 5) is 10.8. The van der Waals surface area contributed by atoms with Gasteiger partial charge in [-0.3, -0.25) is 0 Å². The minimum atomic E-state index is -1.11. The molecule has 0 aromatic rings. The quantitative estimate of drug-likeness (QED) is 0.689. The second-order valence-electron chi connectivity index (χ2n) is 3.75. The molecule has 0 spiro atoms. The lowest BCUT2D eigenvalue weighted by molar-refractivity contribution is -0.312. The first kappa shape index (κ1) is 9.87. The van der Waals surface area contributed by atoms with E-state index >= 15 is 0 Å². The van der Waals surface area contributed by atoms with Gasteiger partial charge >= 0.3 is 0 Å². The Morgan fingerprint density at radius 3 is 2.00 bits per heavy atom. The summed E-state index contributed by atoms with van der Waals surface area (Å²) in [6.07, 6.45) is 1.89. The summed E-state index contributed by atoms with van der Waals surface area (Å²) in [5, 5.41) is 10.8. The van der Waals surface area contributed by atoms with Crippen molar-refractivity contribution >= 4 is 29.2 Å². The lowest BCUT2D eigenvalue weighted by atomic mass is 9.96. The normalized spacial score (nSPS) is 31.0. The van der Waals surface area contributed by atoms with Crippen molar-refractivity contribution in [1.29, 1.82) is 0 Å². The molecule has 0 aromatic carbocycles. The van der Waals surface area contributed by atoms with Crippen LogP contribution in [-0.4, -0.2) is 5.97 Å². The molecule has 1 fully saturated rings. The highest BCUT2D eigenvalue weighted by Gasteiger charge is 2.60. The molecule has 0 saturated heterocycles. The van der Waals surface area contributed by atoms with Gasteiger partial charge in [0, 0.05) is 5.41 Å². The van der Waals surface area contributed by atoms with Crippen LogP contribution in [0.3, 0.4) is 0 Å². The molecular formula is C8H9Cl2O2-. The monoisotopic (exact) mass is 207 g/mol. The third-order valence-corrected chi connectivity index (χ3v) is 2.74. The standard InChI is InChI=1S/C8H10Cl2O2/c1-7(2)4-8(7,6(11)12)3-5(9)10/h3H,4H2,1-2H3,(H,11,12)/p-1. The Morgan fingerprint density at radius 1 is 1.50 bits per heavy atom. The number of carbonyl (C=O) groups excluding carboxylic acids is 1. The van der Waals surface area contributed by atoms with E-state index in [1.165, 1.54) is 6.08 Å². The molecule has 1 aliphatic carbocycles. The first-order valence-electron chi connectivity index (χ1n) is 3.57. The largest absolute Gasteiger partial charge is 0.549 e. The third-order valence-electron chi connectivity index (χ3n) is 2.52. The van der Waals surface area contributed by atoms with Gasteiger partial charge in [0.1, 0.15) is 4.49 Å². The molecular weight excluding hydrogens is 199 g/mol. The summed E-state index contributed by atoms with van der Waals surface area (Å²) in [5.74, 6) is -1.11. The number of aliphatic carboxylic acids is 1.